The molecular formula is C28H56N3O2+. The van der Waals surface area contributed by atoms with E-state index in [4.69, 9.17) is 0 Å². The molecule has 1 heterocycles. The maximum absolute atomic E-state index is 12.1. The van der Waals surface area contributed by atoms with Crippen molar-refractivity contribution in [1.29, 1.82) is 0 Å². The first-order valence-electron chi connectivity index (χ1n) is 14.3. The minimum atomic E-state index is 0.199. The van der Waals surface area contributed by atoms with Gasteiger partial charge in [0.15, 0.2) is 6.67 Å². The lowest BCUT2D eigenvalue weighted by Crippen LogP contribution is -2.50. The second-order valence-corrected chi connectivity index (χ2v) is 11.0. The van der Waals surface area contributed by atoms with Gasteiger partial charge in [0, 0.05) is 32.4 Å². The number of nitrogens with zero attached hydrogens (tertiary/aromatic N) is 2. The van der Waals surface area contributed by atoms with Crippen molar-refractivity contribution in [3.05, 3.63) is 0 Å². The molecule has 194 valence electrons. The summed E-state index contributed by atoms with van der Waals surface area (Å²) in [5.74, 6) is 0.489. The van der Waals surface area contributed by atoms with Gasteiger partial charge in [0.1, 0.15) is 0 Å². The Morgan fingerprint density at radius 1 is 0.818 bits per heavy atom. The van der Waals surface area contributed by atoms with Crippen LogP contribution in [-0.2, 0) is 9.59 Å². The van der Waals surface area contributed by atoms with Crippen molar-refractivity contribution >= 4 is 11.8 Å². The lowest BCUT2D eigenvalue weighted by atomic mass is 10.0. The van der Waals surface area contributed by atoms with Crippen molar-refractivity contribution < 1.29 is 14.1 Å². The van der Waals surface area contributed by atoms with Crippen LogP contribution in [0, 0.1) is 0 Å². The van der Waals surface area contributed by atoms with Gasteiger partial charge in [0.2, 0.25) is 11.8 Å². The van der Waals surface area contributed by atoms with Gasteiger partial charge in [-0.25, -0.2) is 0 Å². The Bertz CT molecular complexity index is 507. The summed E-state index contributed by atoms with van der Waals surface area (Å²) in [7, 11) is 4.34. The molecule has 0 aliphatic carbocycles. The van der Waals surface area contributed by atoms with Crippen molar-refractivity contribution in [3.8, 4) is 0 Å². The summed E-state index contributed by atoms with van der Waals surface area (Å²) in [5, 5.41) is 3.08. The topological polar surface area (TPSA) is 49.4 Å². The largest absolute Gasteiger partial charge is 0.356 e. The van der Waals surface area contributed by atoms with Gasteiger partial charge < -0.3 is 9.80 Å². The van der Waals surface area contributed by atoms with E-state index in [1.165, 1.54) is 89.9 Å². The standard InChI is InChI=1S/C28H55N3O2/c1-4-5-6-7-8-9-10-11-12-13-14-15-16-17-18-21-27(32)29-23-20-25-31(2,3)26-30-24-19-22-28(30)33/h4-26H2,1-3H3/p+1. The van der Waals surface area contributed by atoms with Crippen LogP contribution >= 0.6 is 0 Å². The van der Waals surface area contributed by atoms with Gasteiger partial charge in [0.25, 0.3) is 0 Å². The van der Waals surface area contributed by atoms with Gasteiger partial charge in [-0.3, -0.25) is 14.5 Å². The smallest absolute Gasteiger partial charge is 0.226 e. The van der Waals surface area contributed by atoms with E-state index in [0.29, 0.717) is 12.8 Å². The van der Waals surface area contributed by atoms with Crippen molar-refractivity contribution in [1.82, 2.24) is 10.2 Å². The first kappa shape index (κ1) is 29.9. The van der Waals surface area contributed by atoms with E-state index in [-0.39, 0.29) is 11.8 Å². The lowest BCUT2D eigenvalue weighted by Gasteiger charge is -2.33. The van der Waals surface area contributed by atoms with Crippen LogP contribution < -0.4 is 5.32 Å². The number of amides is 2. The van der Waals surface area contributed by atoms with Gasteiger partial charge in [0.05, 0.1) is 20.6 Å². The highest BCUT2D eigenvalue weighted by Gasteiger charge is 2.27. The molecule has 5 heteroatoms. The van der Waals surface area contributed by atoms with E-state index in [1.807, 2.05) is 4.90 Å². The molecule has 0 bridgehead atoms. The molecule has 0 unspecified atom stereocenters. The number of hydrogen-bond acceptors (Lipinski definition) is 2. The van der Waals surface area contributed by atoms with Crippen molar-refractivity contribution in [2.45, 2.75) is 129 Å². The van der Waals surface area contributed by atoms with Crippen molar-refractivity contribution in [2.75, 3.05) is 40.4 Å². The Morgan fingerprint density at radius 2 is 1.33 bits per heavy atom. The Kier molecular flexibility index (Phi) is 17.4. The van der Waals surface area contributed by atoms with E-state index in [2.05, 4.69) is 26.3 Å². The number of carbonyl (C=O) groups is 2. The summed E-state index contributed by atoms with van der Waals surface area (Å²) < 4.78 is 0.806. The highest BCUT2D eigenvalue weighted by Crippen LogP contribution is 2.14. The van der Waals surface area contributed by atoms with Crippen LogP contribution in [0.2, 0.25) is 0 Å². The van der Waals surface area contributed by atoms with E-state index in [9.17, 15) is 9.59 Å². The van der Waals surface area contributed by atoms with Crippen molar-refractivity contribution in [3.63, 3.8) is 0 Å². The molecule has 0 spiro atoms. The zero-order valence-electron chi connectivity index (χ0n) is 22.5. The lowest BCUT2D eigenvalue weighted by molar-refractivity contribution is -0.898. The monoisotopic (exact) mass is 466 g/mol. The molecule has 1 aliphatic rings. The third kappa shape index (κ3) is 17.1. The number of carbonyl (C=O) groups excluding carboxylic acids is 2. The molecule has 1 saturated heterocycles. The number of nitrogens with one attached hydrogen (secondary N) is 1. The van der Waals surface area contributed by atoms with Crippen molar-refractivity contribution in [2.24, 2.45) is 0 Å². The molecule has 1 rings (SSSR count). The summed E-state index contributed by atoms with van der Waals surface area (Å²) in [6, 6.07) is 0. The number of rotatable bonds is 22. The molecular weight excluding hydrogens is 410 g/mol. The molecule has 2 amide bonds. The van der Waals surface area contributed by atoms with Gasteiger partial charge in [-0.15, -0.1) is 0 Å². The van der Waals surface area contributed by atoms with Gasteiger partial charge in [-0.05, 0) is 12.8 Å². The number of unbranched alkanes of at least 4 members (excludes halogenated alkanes) is 14. The highest BCUT2D eigenvalue weighted by molar-refractivity contribution is 5.77. The van der Waals surface area contributed by atoms with Gasteiger partial charge >= 0.3 is 0 Å². The third-order valence-electron chi connectivity index (χ3n) is 6.99. The predicted molar refractivity (Wildman–Crippen MR) is 140 cm³/mol. The van der Waals surface area contributed by atoms with Crippen LogP contribution in [0.25, 0.3) is 0 Å². The Balaban J connectivity index is 1.83. The summed E-state index contributed by atoms with van der Waals surface area (Å²) in [6.45, 7) is 5.68. The molecule has 0 aromatic rings. The Morgan fingerprint density at radius 3 is 1.82 bits per heavy atom. The SMILES string of the molecule is CCCCCCCCCCCCCCCCCC(=O)NCCC[N+](C)(C)CN1CCCC1=O. The fourth-order valence-electron chi connectivity index (χ4n) is 4.87. The molecule has 5 nitrogen and oxygen atoms in total. The molecule has 0 aromatic carbocycles. The summed E-state index contributed by atoms with van der Waals surface area (Å²) in [4.78, 5) is 25.8. The molecule has 0 radical (unpaired) electrons. The predicted octanol–water partition coefficient (Wildman–Crippen LogP) is 6.41. The summed E-state index contributed by atoms with van der Waals surface area (Å²) in [5.41, 5.74) is 0. The fourth-order valence-corrected chi connectivity index (χ4v) is 4.87. The molecule has 33 heavy (non-hydrogen) atoms. The first-order chi connectivity index (χ1) is 15.9. The van der Waals surface area contributed by atoms with Crippen LogP contribution in [0.15, 0.2) is 0 Å². The van der Waals surface area contributed by atoms with Gasteiger partial charge in [-0.1, -0.05) is 96.8 Å². The number of hydrogen-bond donors (Lipinski definition) is 1. The zero-order valence-corrected chi connectivity index (χ0v) is 22.5. The maximum atomic E-state index is 12.1. The van der Waals surface area contributed by atoms with Crippen LogP contribution in [0.3, 0.4) is 0 Å². The Labute approximate surface area is 205 Å². The van der Waals surface area contributed by atoms with Crippen LogP contribution in [0.1, 0.15) is 129 Å². The normalized spacial score (nSPS) is 14.3. The molecule has 1 N–H and O–H groups in total. The van der Waals surface area contributed by atoms with E-state index >= 15 is 0 Å². The quantitative estimate of drug-likeness (QED) is 0.148. The number of quaternary nitrogens is 1. The fraction of sp³-hybridized carbons (Fsp3) is 0.929. The van der Waals surface area contributed by atoms with E-state index < -0.39 is 0 Å². The molecule has 0 aromatic heterocycles. The Hall–Kier alpha value is -1.10. The number of likely N-dealkylation sites (tertiary alicyclic amines) is 1. The average molecular weight is 467 g/mol. The van der Waals surface area contributed by atoms with Crippen LogP contribution in [0.5, 0.6) is 0 Å². The van der Waals surface area contributed by atoms with Gasteiger partial charge in [-0.2, -0.15) is 0 Å². The first-order valence-corrected chi connectivity index (χ1v) is 14.3. The molecule has 1 aliphatic heterocycles. The molecule has 0 atom stereocenters. The van der Waals surface area contributed by atoms with Crippen LogP contribution in [0.4, 0.5) is 0 Å². The second kappa shape index (κ2) is 19.2. The van der Waals surface area contributed by atoms with Crippen LogP contribution in [-0.4, -0.2) is 61.6 Å². The zero-order chi connectivity index (χ0) is 24.2. The second-order valence-electron chi connectivity index (χ2n) is 11.0. The summed E-state index contributed by atoms with van der Waals surface area (Å²) >= 11 is 0. The third-order valence-corrected chi connectivity index (χ3v) is 6.99. The summed E-state index contributed by atoms with van der Waals surface area (Å²) in [6.07, 6.45) is 23.6. The minimum absolute atomic E-state index is 0.199. The van der Waals surface area contributed by atoms with E-state index in [0.717, 1.165) is 50.0 Å². The maximum Gasteiger partial charge on any atom is 0.226 e. The van der Waals surface area contributed by atoms with E-state index in [1.54, 1.807) is 0 Å². The molecule has 0 saturated carbocycles. The highest BCUT2D eigenvalue weighted by atomic mass is 16.2. The molecule has 1 fully saturated rings. The minimum Gasteiger partial charge on any atom is -0.356 e. The average Bonchev–Trinajstić information content (AvgIpc) is 3.17.